The quantitative estimate of drug-likeness (QED) is 0.833. The van der Waals surface area contributed by atoms with E-state index < -0.39 is 0 Å². The zero-order chi connectivity index (χ0) is 15.2. The highest BCUT2D eigenvalue weighted by Gasteiger charge is 2.15. The molecule has 0 spiro atoms. The van der Waals surface area contributed by atoms with E-state index in [0.29, 0.717) is 18.7 Å². The van der Waals surface area contributed by atoms with Gasteiger partial charge in [0.1, 0.15) is 0 Å². The SMILES string of the molecule is Cc1[nH]ncc1C(=O)N(C)Cc1cccc(C#CCN)c1. The number of hydrogen-bond donors (Lipinski definition) is 2. The zero-order valence-electron chi connectivity index (χ0n) is 12.2. The van der Waals surface area contributed by atoms with Gasteiger partial charge in [-0.05, 0) is 24.6 Å². The van der Waals surface area contributed by atoms with Gasteiger partial charge in [0.15, 0.2) is 0 Å². The summed E-state index contributed by atoms with van der Waals surface area (Å²) in [5.41, 5.74) is 8.66. The second-order valence-electron chi connectivity index (χ2n) is 4.78. The van der Waals surface area contributed by atoms with Gasteiger partial charge in [-0.2, -0.15) is 5.10 Å². The highest BCUT2D eigenvalue weighted by Crippen LogP contribution is 2.11. The molecule has 0 saturated carbocycles. The monoisotopic (exact) mass is 282 g/mol. The molecule has 2 rings (SSSR count). The van der Waals surface area contributed by atoms with Crippen molar-refractivity contribution in [1.29, 1.82) is 0 Å². The summed E-state index contributed by atoms with van der Waals surface area (Å²) in [4.78, 5) is 14.0. The van der Waals surface area contributed by atoms with Crippen LogP contribution in [0, 0.1) is 18.8 Å². The summed E-state index contributed by atoms with van der Waals surface area (Å²) in [6, 6.07) is 7.79. The Morgan fingerprint density at radius 2 is 2.29 bits per heavy atom. The third kappa shape index (κ3) is 3.71. The molecule has 0 saturated heterocycles. The standard InChI is InChI=1S/C16H18N4O/c1-12-15(10-18-19-12)16(21)20(2)11-14-6-3-5-13(9-14)7-4-8-17/h3,5-6,9-10H,8,11,17H2,1-2H3,(H,18,19). The number of benzene rings is 1. The van der Waals surface area contributed by atoms with Gasteiger partial charge >= 0.3 is 0 Å². The molecule has 1 heterocycles. The number of H-pyrrole nitrogens is 1. The first-order valence-corrected chi connectivity index (χ1v) is 6.65. The number of rotatable bonds is 3. The lowest BCUT2D eigenvalue weighted by molar-refractivity contribution is 0.0784. The van der Waals surface area contributed by atoms with Crippen molar-refractivity contribution in [3.8, 4) is 11.8 Å². The number of aromatic amines is 1. The molecule has 5 nitrogen and oxygen atoms in total. The first-order valence-electron chi connectivity index (χ1n) is 6.65. The van der Waals surface area contributed by atoms with Crippen molar-refractivity contribution in [3.63, 3.8) is 0 Å². The fourth-order valence-electron chi connectivity index (χ4n) is 2.02. The number of hydrogen-bond acceptors (Lipinski definition) is 3. The van der Waals surface area contributed by atoms with Crippen LogP contribution in [0.3, 0.4) is 0 Å². The van der Waals surface area contributed by atoms with Crippen LogP contribution < -0.4 is 5.73 Å². The largest absolute Gasteiger partial charge is 0.337 e. The summed E-state index contributed by atoms with van der Waals surface area (Å²) < 4.78 is 0. The minimum atomic E-state index is -0.0558. The van der Waals surface area contributed by atoms with E-state index in [1.165, 1.54) is 0 Å². The van der Waals surface area contributed by atoms with Crippen LogP contribution in [0.4, 0.5) is 0 Å². The molecular weight excluding hydrogens is 264 g/mol. The number of nitrogens with one attached hydrogen (secondary N) is 1. The number of carbonyl (C=O) groups excluding carboxylic acids is 1. The molecular formula is C16H18N4O. The Morgan fingerprint density at radius 1 is 1.48 bits per heavy atom. The van der Waals surface area contributed by atoms with Gasteiger partial charge in [0.25, 0.3) is 5.91 Å². The van der Waals surface area contributed by atoms with E-state index in [2.05, 4.69) is 22.0 Å². The molecule has 108 valence electrons. The zero-order valence-corrected chi connectivity index (χ0v) is 12.2. The summed E-state index contributed by atoms with van der Waals surface area (Å²) in [6.45, 7) is 2.68. The van der Waals surface area contributed by atoms with Crippen molar-refractivity contribution in [1.82, 2.24) is 15.1 Å². The molecule has 0 bridgehead atoms. The number of nitrogens with two attached hydrogens (primary N) is 1. The lowest BCUT2D eigenvalue weighted by Crippen LogP contribution is -2.26. The first kappa shape index (κ1) is 14.8. The fraction of sp³-hybridized carbons (Fsp3) is 0.250. The van der Waals surface area contributed by atoms with Crippen molar-refractivity contribution < 1.29 is 4.79 Å². The maximum absolute atomic E-state index is 12.3. The molecule has 0 aliphatic carbocycles. The summed E-state index contributed by atoms with van der Waals surface area (Å²) in [6.07, 6.45) is 1.55. The molecule has 0 aliphatic heterocycles. The van der Waals surface area contributed by atoms with Crippen LogP contribution in [0.2, 0.25) is 0 Å². The molecule has 0 atom stereocenters. The lowest BCUT2D eigenvalue weighted by Gasteiger charge is -2.17. The normalized spacial score (nSPS) is 9.86. The van der Waals surface area contributed by atoms with Gasteiger partial charge in [0.05, 0.1) is 18.3 Å². The molecule has 0 radical (unpaired) electrons. The highest BCUT2D eigenvalue weighted by atomic mass is 16.2. The molecule has 2 aromatic rings. The summed E-state index contributed by atoms with van der Waals surface area (Å²) in [5, 5.41) is 6.65. The second kappa shape index (κ2) is 6.73. The third-order valence-electron chi connectivity index (χ3n) is 3.09. The first-order chi connectivity index (χ1) is 10.1. The number of aryl methyl sites for hydroxylation is 1. The van der Waals surface area contributed by atoms with Crippen LogP contribution in [0.1, 0.15) is 27.2 Å². The van der Waals surface area contributed by atoms with Crippen LogP contribution in [-0.2, 0) is 6.54 Å². The molecule has 5 heteroatoms. The number of aromatic nitrogens is 2. The average molecular weight is 282 g/mol. The number of nitrogens with zero attached hydrogens (tertiary/aromatic N) is 2. The Balaban J connectivity index is 2.11. The van der Waals surface area contributed by atoms with Gasteiger partial charge < -0.3 is 10.6 Å². The number of amides is 1. The Kier molecular flexibility index (Phi) is 4.75. The maximum Gasteiger partial charge on any atom is 0.257 e. The van der Waals surface area contributed by atoms with Crippen molar-refractivity contribution in [3.05, 3.63) is 52.8 Å². The Morgan fingerprint density at radius 3 is 2.95 bits per heavy atom. The van der Waals surface area contributed by atoms with E-state index in [1.54, 1.807) is 18.1 Å². The average Bonchev–Trinajstić information content (AvgIpc) is 2.90. The summed E-state index contributed by atoms with van der Waals surface area (Å²) in [5.74, 6) is 5.76. The topological polar surface area (TPSA) is 75.0 Å². The third-order valence-corrected chi connectivity index (χ3v) is 3.09. The summed E-state index contributed by atoms with van der Waals surface area (Å²) in [7, 11) is 1.77. The molecule has 1 aromatic heterocycles. The molecule has 0 fully saturated rings. The molecule has 3 N–H and O–H groups in total. The molecule has 21 heavy (non-hydrogen) atoms. The predicted octanol–water partition coefficient (Wildman–Crippen LogP) is 1.30. The van der Waals surface area contributed by atoms with E-state index in [1.807, 2.05) is 31.2 Å². The fourth-order valence-corrected chi connectivity index (χ4v) is 2.02. The van der Waals surface area contributed by atoms with Crippen LogP contribution in [0.15, 0.2) is 30.5 Å². The van der Waals surface area contributed by atoms with Crippen LogP contribution in [0.25, 0.3) is 0 Å². The van der Waals surface area contributed by atoms with Crippen LogP contribution >= 0.6 is 0 Å². The minimum Gasteiger partial charge on any atom is -0.337 e. The Labute approximate surface area is 124 Å². The van der Waals surface area contributed by atoms with Crippen molar-refractivity contribution in [2.24, 2.45) is 5.73 Å². The smallest absolute Gasteiger partial charge is 0.257 e. The van der Waals surface area contributed by atoms with Gasteiger partial charge in [-0.25, -0.2) is 0 Å². The summed E-state index contributed by atoms with van der Waals surface area (Å²) >= 11 is 0. The van der Waals surface area contributed by atoms with Crippen molar-refractivity contribution in [2.45, 2.75) is 13.5 Å². The van der Waals surface area contributed by atoms with Crippen LogP contribution in [0.5, 0.6) is 0 Å². The highest BCUT2D eigenvalue weighted by molar-refractivity contribution is 5.94. The predicted molar refractivity (Wildman–Crippen MR) is 81.5 cm³/mol. The van der Waals surface area contributed by atoms with Gasteiger partial charge in [-0.15, -0.1) is 0 Å². The van der Waals surface area contributed by atoms with Crippen molar-refractivity contribution in [2.75, 3.05) is 13.6 Å². The molecule has 0 aliphatic rings. The Hall–Kier alpha value is -2.58. The number of carbonyl (C=O) groups is 1. The molecule has 0 unspecified atom stereocenters. The van der Waals surface area contributed by atoms with Crippen LogP contribution in [-0.4, -0.2) is 34.6 Å². The van der Waals surface area contributed by atoms with Gasteiger partial charge in [0.2, 0.25) is 0 Å². The lowest BCUT2D eigenvalue weighted by atomic mass is 10.1. The van der Waals surface area contributed by atoms with E-state index in [0.717, 1.165) is 16.8 Å². The molecule has 1 aromatic carbocycles. The van der Waals surface area contributed by atoms with E-state index in [-0.39, 0.29) is 5.91 Å². The second-order valence-corrected chi connectivity index (χ2v) is 4.78. The van der Waals surface area contributed by atoms with E-state index >= 15 is 0 Å². The van der Waals surface area contributed by atoms with Gasteiger partial charge in [0, 0.05) is 24.8 Å². The Bertz CT molecular complexity index is 694. The van der Waals surface area contributed by atoms with E-state index in [9.17, 15) is 4.79 Å². The van der Waals surface area contributed by atoms with Gasteiger partial charge in [-0.1, -0.05) is 24.0 Å². The van der Waals surface area contributed by atoms with Gasteiger partial charge in [-0.3, -0.25) is 9.89 Å². The minimum absolute atomic E-state index is 0.0558. The maximum atomic E-state index is 12.3. The molecule has 1 amide bonds. The van der Waals surface area contributed by atoms with E-state index in [4.69, 9.17) is 5.73 Å². The van der Waals surface area contributed by atoms with Crippen molar-refractivity contribution >= 4 is 5.91 Å².